The van der Waals surface area contributed by atoms with E-state index >= 15 is 0 Å². The molecule has 3 aromatic rings. The maximum Gasteiger partial charge on any atom is 0.221 e. The molecule has 2 aromatic carbocycles. The zero-order valence-corrected chi connectivity index (χ0v) is 13.0. The number of benzene rings is 2. The summed E-state index contributed by atoms with van der Waals surface area (Å²) in [6.45, 7) is 1.47. The smallest absolute Gasteiger partial charge is 0.221 e. The van der Waals surface area contributed by atoms with Crippen LogP contribution in [0.2, 0.25) is 0 Å². The summed E-state index contributed by atoms with van der Waals surface area (Å²) < 4.78 is 6.44. The second-order valence-electron chi connectivity index (χ2n) is 4.71. The molecule has 0 aliphatic carbocycles. The molecule has 0 radical (unpaired) electrons. The summed E-state index contributed by atoms with van der Waals surface area (Å²) in [5, 5.41) is 6.81. The van der Waals surface area contributed by atoms with Crippen molar-refractivity contribution < 1.29 is 9.53 Å². The minimum Gasteiger partial charge on any atom is -0.494 e. The first-order chi connectivity index (χ1) is 10.7. The molecule has 6 heteroatoms. The summed E-state index contributed by atoms with van der Waals surface area (Å²) in [6, 6.07) is 13.5. The van der Waals surface area contributed by atoms with E-state index in [4.69, 9.17) is 4.74 Å². The number of carbonyl (C=O) groups excluding carboxylic acids is 1. The second kappa shape index (κ2) is 6.03. The summed E-state index contributed by atoms with van der Waals surface area (Å²) in [5.41, 5.74) is 2.46. The van der Waals surface area contributed by atoms with Gasteiger partial charge in [-0.3, -0.25) is 4.79 Å². The topological polar surface area (TPSA) is 63.2 Å². The summed E-state index contributed by atoms with van der Waals surface area (Å²) in [6.07, 6.45) is 0. The van der Waals surface area contributed by atoms with Gasteiger partial charge in [-0.05, 0) is 24.3 Å². The number of hydrogen-bond acceptors (Lipinski definition) is 5. The number of nitrogens with one attached hydrogen (secondary N) is 2. The lowest BCUT2D eigenvalue weighted by molar-refractivity contribution is -0.114. The number of ether oxygens (including phenoxy) is 1. The molecule has 0 unspecified atom stereocenters. The summed E-state index contributed by atoms with van der Waals surface area (Å²) in [7, 11) is 1.57. The quantitative estimate of drug-likeness (QED) is 0.764. The van der Waals surface area contributed by atoms with Crippen LogP contribution in [-0.2, 0) is 4.79 Å². The normalized spacial score (nSPS) is 10.5. The standard InChI is InChI=1S/C16H15N3O2S/c1-10(20)17-12-8-7-11(9-14(12)21-2)18-16-19-13-5-3-4-6-15(13)22-16/h3-9H,1-2H3,(H,17,20)(H,18,19). The number of nitrogens with zero attached hydrogens (tertiary/aromatic N) is 1. The molecule has 0 spiro atoms. The highest BCUT2D eigenvalue weighted by Crippen LogP contribution is 2.32. The van der Waals surface area contributed by atoms with Crippen molar-refractivity contribution in [3.05, 3.63) is 42.5 Å². The lowest BCUT2D eigenvalue weighted by atomic mass is 10.2. The van der Waals surface area contributed by atoms with Crippen molar-refractivity contribution in [1.82, 2.24) is 4.98 Å². The Morgan fingerprint density at radius 1 is 1.23 bits per heavy atom. The van der Waals surface area contributed by atoms with Gasteiger partial charge in [0.1, 0.15) is 5.75 Å². The Hall–Kier alpha value is -2.60. The predicted octanol–water partition coefficient (Wildman–Crippen LogP) is 4.01. The van der Waals surface area contributed by atoms with Crippen LogP contribution in [0.4, 0.5) is 16.5 Å². The van der Waals surface area contributed by atoms with Gasteiger partial charge in [0.05, 0.1) is 23.0 Å². The molecule has 5 nitrogen and oxygen atoms in total. The molecule has 0 aliphatic heterocycles. The van der Waals surface area contributed by atoms with E-state index in [2.05, 4.69) is 15.6 Å². The highest BCUT2D eigenvalue weighted by Gasteiger charge is 2.08. The number of anilines is 3. The SMILES string of the molecule is COc1cc(Nc2nc3ccccc3s2)ccc1NC(C)=O. The van der Waals surface area contributed by atoms with Gasteiger partial charge in [-0.1, -0.05) is 23.5 Å². The van der Waals surface area contributed by atoms with E-state index in [-0.39, 0.29) is 5.91 Å². The van der Waals surface area contributed by atoms with Crippen molar-refractivity contribution in [3.63, 3.8) is 0 Å². The average molecular weight is 313 g/mol. The molecule has 22 heavy (non-hydrogen) atoms. The third kappa shape index (κ3) is 3.01. The molecular formula is C16H15N3O2S. The van der Waals surface area contributed by atoms with E-state index < -0.39 is 0 Å². The van der Waals surface area contributed by atoms with Crippen LogP contribution < -0.4 is 15.4 Å². The van der Waals surface area contributed by atoms with Gasteiger partial charge in [-0.15, -0.1) is 0 Å². The number of aromatic nitrogens is 1. The molecule has 1 aromatic heterocycles. The molecule has 1 heterocycles. The van der Waals surface area contributed by atoms with Crippen LogP contribution in [-0.4, -0.2) is 18.0 Å². The monoisotopic (exact) mass is 313 g/mol. The Morgan fingerprint density at radius 3 is 2.77 bits per heavy atom. The number of fused-ring (bicyclic) bond motifs is 1. The van der Waals surface area contributed by atoms with Crippen molar-refractivity contribution >= 4 is 44.0 Å². The van der Waals surface area contributed by atoms with E-state index in [1.807, 2.05) is 36.4 Å². The Kier molecular flexibility index (Phi) is 3.93. The van der Waals surface area contributed by atoms with E-state index in [1.165, 1.54) is 6.92 Å². The molecule has 0 fully saturated rings. The van der Waals surface area contributed by atoms with Crippen LogP contribution in [0.3, 0.4) is 0 Å². The molecule has 2 N–H and O–H groups in total. The first kappa shape index (κ1) is 14.3. The lowest BCUT2D eigenvalue weighted by Gasteiger charge is -2.11. The van der Waals surface area contributed by atoms with Gasteiger partial charge >= 0.3 is 0 Å². The Balaban J connectivity index is 1.86. The minimum atomic E-state index is -0.134. The van der Waals surface area contributed by atoms with Crippen molar-refractivity contribution in [1.29, 1.82) is 0 Å². The van der Waals surface area contributed by atoms with Crippen LogP contribution in [0.15, 0.2) is 42.5 Å². The number of para-hydroxylation sites is 1. The molecule has 0 saturated carbocycles. The van der Waals surface area contributed by atoms with Crippen LogP contribution >= 0.6 is 11.3 Å². The third-order valence-corrected chi connectivity index (χ3v) is 4.01. The molecule has 0 aliphatic rings. The maximum absolute atomic E-state index is 11.2. The number of amides is 1. The van der Waals surface area contributed by atoms with Crippen molar-refractivity contribution in [2.75, 3.05) is 17.7 Å². The van der Waals surface area contributed by atoms with Crippen LogP contribution in [0.25, 0.3) is 10.2 Å². The lowest BCUT2D eigenvalue weighted by Crippen LogP contribution is -2.07. The van der Waals surface area contributed by atoms with Gasteiger partial charge in [0.25, 0.3) is 0 Å². The Labute approximate surface area is 131 Å². The zero-order valence-electron chi connectivity index (χ0n) is 12.2. The van der Waals surface area contributed by atoms with Crippen molar-refractivity contribution in [3.8, 4) is 5.75 Å². The van der Waals surface area contributed by atoms with Crippen molar-refractivity contribution in [2.24, 2.45) is 0 Å². The maximum atomic E-state index is 11.2. The van der Waals surface area contributed by atoms with Gasteiger partial charge in [0, 0.05) is 18.7 Å². The number of thiazole rings is 1. The van der Waals surface area contributed by atoms with Crippen LogP contribution in [0.5, 0.6) is 5.75 Å². The highest BCUT2D eigenvalue weighted by molar-refractivity contribution is 7.22. The Bertz CT molecular complexity index is 796. The van der Waals surface area contributed by atoms with Crippen LogP contribution in [0, 0.1) is 0 Å². The number of rotatable bonds is 4. The van der Waals surface area contributed by atoms with Gasteiger partial charge in [0.2, 0.25) is 5.91 Å². The predicted molar refractivity (Wildman–Crippen MR) is 90.2 cm³/mol. The van der Waals surface area contributed by atoms with Gasteiger partial charge in [0.15, 0.2) is 5.13 Å². The van der Waals surface area contributed by atoms with Gasteiger partial charge in [-0.25, -0.2) is 4.98 Å². The number of carbonyl (C=O) groups is 1. The molecule has 112 valence electrons. The molecular weight excluding hydrogens is 298 g/mol. The average Bonchev–Trinajstić information content (AvgIpc) is 2.90. The molecule has 3 rings (SSSR count). The largest absolute Gasteiger partial charge is 0.494 e. The van der Waals surface area contributed by atoms with Crippen LogP contribution in [0.1, 0.15) is 6.92 Å². The fraction of sp³-hybridized carbons (Fsp3) is 0.125. The van der Waals surface area contributed by atoms with E-state index in [0.29, 0.717) is 11.4 Å². The molecule has 0 atom stereocenters. The molecule has 0 saturated heterocycles. The molecule has 1 amide bonds. The fourth-order valence-electron chi connectivity index (χ4n) is 2.11. The second-order valence-corrected chi connectivity index (χ2v) is 5.74. The van der Waals surface area contributed by atoms with Crippen molar-refractivity contribution in [2.45, 2.75) is 6.92 Å². The first-order valence-corrected chi connectivity index (χ1v) is 7.55. The first-order valence-electron chi connectivity index (χ1n) is 6.74. The summed E-state index contributed by atoms with van der Waals surface area (Å²) in [5.74, 6) is 0.464. The number of hydrogen-bond donors (Lipinski definition) is 2. The van der Waals surface area contributed by atoms with Gasteiger partial charge < -0.3 is 15.4 Å². The van der Waals surface area contributed by atoms with E-state index in [0.717, 1.165) is 21.0 Å². The van der Waals surface area contributed by atoms with E-state index in [1.54, 1.807) is 24.5 Å². The third-order valence-electron chi connectivity index (χ3n) is 3.06. The fourth-order valence-corrected chi connectivity index (χ4v) is 3.00. The zero-order chi connectivity index (χ0) is 15.5. The Morgan fingerprint density at radius 2 is 2.05 bits per heavy atom. The van der Waals surface area contributed by atoms with Gasteiger partial charge in [-0.2, -0.15) is 0 Å². The molecule has 0 bridgehead atoms. The highest BCUT2D eigenvalue weighted by atomic mass is 32.1. The number of methoxy groups -OCH3 is 1. The summed E-state index contributed by atoms with van der Waals surface area (Å²) in [4.78, 5) is 15.7. The summed E-state index contributed by atoms with van der Waals surface area (Å²) >= 11 is 1.59. The van der Waals surface area contributed by atoms with E-state index in [9.17, 15) is 4.79 Å². The minimum absolute atomic E-state index is 0.134.